The normalized spacial score (nSPS) is 13.8. The van der Waals surface area contributed by atoms with Gasteiger partial charge in [-0.05, 0) is 18.1 Å². The van der Waals surface area contributed by atoms with Crippen LogP contribution in [0.4, 0.5) is 14.5 Å². The Bertz CT molecular complexity index is 538. The van der Waals surface area contributed by atoms with Crippen LogP contribution in [0.3, 0.4) is 0 Å². The summed E-state index contributed by atoms with van der Waals surface area (Å²) in [5, 5.41) is 0. The molecule has 0 saturated carbocycles. The van der Waals surface area contributed by atoms with Gasteiger partial charge in [-0.25, -0.2) is 21.5 Å². The summed E-state index contributed by atoms with van der Waals surface area (Å²) < 4.78 is 52.6. The minimum absolute atomic E-state index is 0.0969. The molecule has 0 bridgehead atoms. The topological polar surface area (TPSA) is 63.4 Å². The molecule has 2 N–H and O–H groups in total. The van der Waals surface area contributed by atoms with Gasteiger partial charge in [0, 0.05) is 19.3 Å². The molecule has 0 aliphatic rings. The van der Waals surface area contributed by atoms with Crippen molar-refractivity contribution in [1.29, 1.82) is 0 Å². The second-order valence-electron chi connectivity index (χ2n) is 4.61. The summed E-state index contributed by atoms with van der Waals surface area (Å²) >= 11 is 0. The fraction of sp³-hybridized carbons (Fsp3) is 0.500. The summed E-state index contributed by atoms with van der Waals surface area (Å²) in [6, 6.07) is 1.60. The van der Waals surface area contributed by atoms with Gasteiger partial charge in [0.25, 0.3) is 0 Å². The Balaban J connectivity index is 3.21. The largest absolute Gasteiger partial charge is 0.399 e. The summed E-state index contributed by atoms with van der Waals surface area (Å²) in [7, 11) is -2.89. The van der Waals surface area contributed by atoms with Crippen LogP contribution in [0.15, 0.2) is 17.0 Å². The molecule has 0 aliphatic carbocycles. The van der Waals surface area contributed by atoms with Gasteiger partial charge in [-0.3, -0.25) is 0 Å². The molecule has 1 aromatic rings. The predicted molar refractivity (Wildman–Crippen MR) is 70.0 cm³/mol. The van der Waals surface area contributed by atoms with Crippen molar-refractivity contribution in [3.05, 3.63) is 23.8 Å². The third-order valence-corrected chi connectivity index (χ3v) is 4.83. The van der Waals surface area contributed by atoms with Crippen LogP contribution in [0.2, 0.25) is 0 Å². The van der Waals surface area contributed by atoms with E-state index in [0.29, 0.717) is 0 Å². The molecule has 0 amide bonds. The van der Waals surface area contributed by atoms with Crippen molar-refractivity contribution < 1.29 is 17.2 Å². The van der Waals surface area contributed by atoms with Gasteiger partial charge in [-0.15, -0.1) is 0 Å². The van der Waals surface area contributed by atoms with E-state index < -0.39 is 26.6 Å². The first-order valence-electron chi connectivity index (χ1n) is 5.91. The highest BCUT2D eigenvalue weighted by Crippen LogP contribution is 2.25. The Labute approximate surface area is 112 Å². The number of halogens is 2. The highest BCUT2D eigenvalue weighted by molar-refractivity contribution is 7.89. The predicted octanol–water partition coefficient (Wildman–Crippen LogP) is 2.21. The summed E-state index contributed by atoms with van der Waals surface area (Å²) in [6.45, 7) is 3.97. The Kier molecular flexibility index (Phi) is 4.86. The van der Waals surface area contributed by atoms with Crippen molar-refractivity contribution in [1.82, 2.24) is 4.31 Å². The van der Waals surface area contributed by atoms with Crippen molar-refractivity contribution in [2.24, 2.45) is 5.92 Å². The molecule has 0 aliphatic heterocycles. The van der Waals surface area contributed by atoms with E-state index in [1.807, 2.05) is 13.8 Å². The van der Waals surface area contributed by atoms with Crippen molar-refractivity contribution in [2.75, 3.05) is 19.3 Å². The fourth-order valence-corrected chi connectivity index (χ4v) is 3.02. The summed E-state index contributed by atoms with van der Waals surface area (Å²) in [5.41, 5.74) is 5.11. The average Bonchev–Trinajstić information content (AvgIpc) is 2.26. The second kappa shape index (κ2) is 5.83. The Morgan fingerprint density at radius 3 is 2.21 bits per heavy atom. The van der Waals surface area contributed by atoms with Crippen LogP contribution < -0.4 is 5.73 Å². The molecule has 0 saturated heterocycles. The number of anilines is 1. The van der Waals surface area contributed by atoms with Gasteiger partial charge < -0.3 is 5.73 Å². The van der Waals surface area contributed by atoms with Crippen LogP contribution in [0.5, 0.6) is 0 Å². The van der Waals surface area contributed by atoms with Gasteiger partial charge in [0.1, 0.15) is 11.6 Å². The van der Waals surface area contributed by atoms with E-state index in [4.69, 9.17) is 5.73 Å². The van der Waals surface area contributed by atoms with Crippen LogP contribution >= 0.6 is 0 Å². The lowest BCUT2D eigenvalue weighted by Gasteiger charge is -2.21. The lowest BCUT2D eigenvalue weighted by molar-refractivity contribution is 0.388. The number of hydrogen-bond acceptors (Lipinski definition) is 3. The standard InChI is InChI=1S/C12H18F2N2O2S/c1-4-8(2)7-16(3)19(17,18)12-10(13)5-9(15)6-11(12)14/h5-6,8H,4,7,15H2,1-3H3. The summed E-state index contributed by atoms with van der Waals surface area (Å²) in [6.07, 6.45) is 0.770. The number of nitrogen functional groups attached to an aromatic ring is 1. The lowest BCUT2D eigenvalue weighted by Crippen LogP contribution is -2.32. The van der Waals surface area contributed by atoms with E-state index in [1.165, 1.54) is 7.05 Å². The molecule has 1 unspecified atom stereocenters. The number of rotatable bonds is 5. The number of sulfonamides is 1. The zero-order valence-corrected chi connectivity index (χ0v) is 12.0. The summed E-state index contributed by atoms with van der Waals surface area (Å²) in [5.74, 6) is -2.25. The smallest absolute Gasteiger partial charge is 0.248 e. The van der Waals surface area contributed by atoms with Gasteiger partial charge in [-0.2, -0.15) is 0 Å². The third kappa shape index (κ3) is 3.42. The molecule has 1 rings (SSSR count). The van der Waals surface area contributed by atoms with Crippen LogP contribution in [0.25, 0.3) is 0 Å². The zero-order valence-electron chi connectivity index (χ0n) is 11.2. The highest BCUT2D eigenvalue weighted by Gasteiger charge is 2.29. The van der Waals surface area contributed by atoms with Gasteiger partial charge >= 0.3 is 0 Å². The first kappa shape index (κ1) is 15.8. The molecular formula is C12H18F2N2O2S. The first-order chi connectivity index (χ1) is 8.70. The molecule has 0 heterocycles. The van der Waals surface area contributed by atoms with E-state index in [2.05, 4.69) is 0 Å². The maximum Gasteiger partial charge on any atom is 0.248 e. The molecule has 0 fully saturated rings. The first-order valence-corrected chi connectivity index (χ1v) is 7.35. The molecular weight excluding hydrogens is 274 g/mol. The molecule has 0 radical (unpaired) electrons. The molecule has 0 aromatic heterocycles. The maximum absolute atomic E-state index is 13.7. The monoisotopic (exact) mass is 292 g/mol. The van der Waals surface area contributed by atoms with E-state index in [1.54, 1.807) is 0 Å². The summed E-state index contributed by atoms with van der Waals surface area (Å²) in [4.78, 5) is -0.951. The minimum Gasteiger partial charge on any atom is -0.399 e. The highest BCUT2D eigenvalue weighted by atomic mass is 32.2. The van der Waals surface area contributed by atoms with Crippen LogP contribution in [-0.4, -0.2) is 26.3 Å². The van der Waals surface area contributed by atoms with Crippen molar-refractivity contribution in [3.63, 3.8) is 0 Å². The molecule has 1 atom stereocenters. The quantitative estimate of drug-likeness (QED) is 0.846. The molecule has 7 heteroatoms. The maximum atomic E-state index is 13.7. The Morgan fingerprint density at radius 1 is 1.32 bits per heavy atom. The fourth-order valence-electron chi connectivity index (χ4n) is 1.65. The van der Waals surface area contributed by atoms with Crippen LogP contribution in [-0.2, 0) is 10.0 Å². The lowest BCUT2D eigenvalue weighted by atomic mass is 10.1. The Hall–Kier alpha value is -1.21. The van der Waals surface area contributed by atoms with Gasteiger partial charge in [0.05, 0.1) is 0 Å². The SMILES string of the molecule is CCC(C)CN(C)S(=O)(=O)c1c(F)cc(N)cc1F. The number of nitrogens with two attached hydrogens (primary N) is 1. The third-order valence-electron chi connectivity index (χ3n) is 2.95. The van der Waals surface area contributed by atoms with Gasteiger partial charge in [0.15, 0.2) is 4.90 Å². The zero-order chi connectivity index (χ0) is 14.8. The average molecular weight is 292 g/mol. The van der Waals surface area contributed by atoms with Crippen LogP contribution in [0.1, 0.15) is 20.3 Å². The van der Waals surface area contributed by atoms with E-state index in [-0.39, 0.29) is 18.2 Å². The number of nitrogens with zero attached hydrogens (tertiary/aromatic N) is 1. The van der Waals surface area contributed by atoms with Crippen molar-refractivity contribution >= 4 is 15.7 Å². The Morgan fingerprint density at radius 2 is 1.79 bits per heavy atom. The molecule has 19 heavy (non-hydrogen) atoms. The van der Waals surface area contributed by atoms with E-state index in [0.717, 1.165) is 22.9 Å². The second-order valence-corrected chi connectivity index (χ2v) is 6.59. The molecule has 4 nitrogen and oxygen atoms in total. The molecule has 0 spiro atoms. The van der Waals surface area contributed by atoms with E-state index in [9.17, 15) is 17.2 Å². The van der Waals surface area contributed by atoms with Crippen molar-refractivity contribution in [2.45, 2.75) is 25.2 Å². The molecule has 1 aromatic carbocycles. The number of hydrogen-bond donors (Lipinski definition) is 1. The molecule has 108 valence electrons. The van der Waals surface area contributed by atoms with E-state index >= 15 is 0 Å². The van der Waals surface area contributed by atoms with Crippen molar-refractivity contribution in [3.8, 4) is 0 Å². The van der Waals surface area contributed by atoms with Gasteiger partial charge in [0.2, 0.25) is 10.0 Å². The number of benzene rings is 1. The van der Waals surface area contributed by atoms with Crippen LogP contribution in [0, 0.1) is 17.6 Å². The minimum atomic E-state index is -4.19. The van der Waals surface area contributed by atoms with Gasteiger partial charge in [-0.1, -0.05) is 20.3 Å².